The second kappa shape index (κ2) is 8.68. The number of anilines is 1. The number of furan rings is 1. The van der Waals surface area contributed by atoms with E-state index in [2.05, 4.69) is 10.0 Å². The second-order valence-electron chi connectivity index (χ2n) is 5.85. The highest BCUT2D eigenvalue weighted by Gasteiger charge is 2.19. The third kappa shape index (κ3) is 5.07. The van der Waals surface area contributed by atoms with Gasteiger partial charge in [-0.15, -0.1) is 0 Å². The zero-order valence-corrected chi connectivity index (χ0v) is 16.8. The maximum absolute atomic E-state index is 12.6. The number of amides is 1. The van der Waals surface area contributed by atoms with E-state index in [1.54, 1.807) is 24.5 Å². The molecule has 0 aliphatic heterocycles. The van der Waals surface area contributed by atoms with Crippen molar-refractivity contribution in [1.29, 1.82) is 0 Å². The maximum Gasteiger partial charge on any atom is 0.263 e. The van der Waals surface area contributed by atoms with Gasteiger partial charge < -0.3 is 9.73 Å². The Labute approximate surface area is 172 Å². The number of hydrogen-bond acceptors (Lipinski definition) is 4. The Bertz CT molecular complexity index is 1080. The van der Waals surface area contributed by atoms with Gasteiger partial charge in [-0.1, -0.05) is 29.3 Å². The van der Waals surface area contributed by atoms with Crippen molar-refractivity contribution in [2.75, 3.05) is 11.3 Å². The first-order valence-electron chi connectivity index (χ1n) is 8.24. The van der Waals surface area contributed by atoms with Crippen LogP contribution in [0.4, 0.5) is 5.69 Å². The third-order valence-corrected chi connectivity index (χ3v) is 5.89. The Morgan fingerprint density at radius 1 is 1.04 bits per heavy atom. The molecule has 0 radical (unpaired) electrons. The third-order valence-electron chi connectivity index (χ3n) is 3.80. The standard InChI is InChI=1S/C19H16Cl2N2O4S/c20-14-6-7-17(21)18(12-14)28(25,26)23-15-4-1-3-13(11-15)19(24)22-9-8-16-5-2-10-27-16/h1-7,10-12,23H,8-9H2,(H,22,24). The monoisotopic (exact) mass is 438 g/mol. The van der Waals surface area contributed by atoms with E-state index in [-0.39, 0.29) is 26.5 Å². The van der Waals surface area contributed by atoms with Gasteiger partial charge in [0.15, 0.2) is 0 Å². The zero-order valence-electron chi connectivity index (χ0n) is 14.5. The topological polar surface area (TPSA) is 88.4 Å². The molecule has 0 saturated carbocycles. The molecule has 146 valence electrons. The molecular formula is C19H16Cl2N2O4S. The fourth-order valence-electron chi connectivity index (χ4n) is 2.47. The van der Waals surface area contributed by atoms with Gasteiger partial charge in [-0.3, -0.25) is 9.52 Å². The van der Waals surface area contributed by atoms with Crippen molar-refractivity contribution in [3.05, 3.63) is 82.2 Å². The van der Waals surface area contributed by atoms with Crippen LogP contribution in [0.15, 0.2) is 70.2 Å². The molecule has 0 aliphatic carbocycles. The molecule has 2 aromatic carbocycles. The number of carbonyl (C=O) groups is 1. The molecular weight excluding hydrogens is 423 g/mol. The predicted octanol–water partition coefficient (Wildman–Crippen LogP) is 4.36. The average molecular weight is 439 g/mol. The number of halogens is 2. The lowest BCUT2D eigenvalue weighted by Crippen LogP contribution is -2.25. The minimum atomic E-state index is -3.97. The van der Waals surface area contributed by atoms with Gasteiger partial charge in [-0.05, 0) is 48.5 Å². The van der Waals surface area contributed by atoms with Crippen molar-refractivity contribution < 1.29 is 17.6 Å². The van der Waals surface area contributed by atoms with Gasteiger partial charge in [0, 0.05) is 29.2 Å². The fraction of sp³-hybridized carbons (Fsp3) is 0.105. The molecule has 0 aliphatic rings. The van der Waals surface area contributed by atoms with Crippen LogP contribution in [0.3, 0.4) is 0 Å². The number of sulfonamides is 1. The summed E-state index contributed by atoms with van der Waals surface area (Å²) in [6.45, 7) is 0.389. The molecule has 1 heterocycles. The molecule has 3 rings (SSSR count). The number of nitrogens with one attached hydrogen (secondary N) is 2. The van der Waals surface area contributed by atoms with Crippen LogP contribution in [0.25, 0.3) is 0 Å². The zero-order chi connectivity index (χ0) is 20.1. The van der Waals surface area contributed by atoms with Gasteiger partial charge in [-0.2, -0.15) is 0 Å². The smallest absolute Gasteiger partial charge is 0.263 e. The van der Waals surface area contributed by atoms with Gasteiger partial charge >= 0.3 is 0 Å². The Morgan fingerprint density at radius 2 is 1.86 bits per heavy atom. The number of rotatable bonds is 7. The van der Waals surface area contributed by atoms with E-state index < -0.39 is 10.0 Å². The van der Waals surface area contributed by atoms with Crippen molar-refractivity contribution in [2.45, 2.75) is 11.3 Å². The summed E-state index contributed by atoms with van der Waals surface area (Å²) in [5, 5.41) is 3.05. The summed E-state index contributed by atoms with van der Waals surface area (Å²) in [6.07, 6.45) is 2.12. The summed E-state index contributed by atoms with van der Waals surface area (Å²) in [4.78, 5) is 12.2. The molecule has 1 amide bonds. The van der Waals surface area contributed by atoms with E-state index in [0.29, 0.717) is 18.5 Å². The average Bonchev–Trinajstić information content (AvgIpc) is 3.17. The van der Waals surface area contributed by atoms with Crippen LogP contribution in [-0.4, -0.2) is 20.9 Å². The molecule has 0 bridgehead atoms. The number of hydrogen-bond donors (Lipinski definition) is 2. The van der Waals surface area contributed by atoms with E-state index in [1.807, 2.05) is 6.07 Å². The van der Waals surface area contributed by atoms with Crippen molar-refractivity contribution >= 4 is 44.8 Å². The molecule has 0 atom stereocenters. The molecule has 0 saturated heterocycles. The van der Waals surface area contributed by atoms with Gasteiger partial charge in [0.2, 0.25) is 0 Å². The molecule has 9 heteroatoms. The molecule has 0 spiro atoms. The molecule has 28 heavy (non-hydrogen) atoms. The van der Waals surface area contributed by atoms with Gasteiger partial charge in [0.05, 0.1) is 11.3 Å². The number of carbonyl (C=O) groups excluding carboxylic acids is 1. The molecule has 1 aromatic heterocycles. The SMILES string of the molecule is O=C(NCCc1ccco1)c1cccc(NS(=O)(=O)c2cc(Cl)ccc2Cl)c1. The summed E-state index contributed by atoms with van der Waals surface area (Å²) in [5.74, 6) is 0.439. The van der Waals surface area contributed by atoms with E-state index in [9.17, 15) is 13.2 Å². The van der Waals surface area contributed by atoms with Crippen LogP contribution >= 0.6 is 23.2 Å². The van der Waals surface area contributed by atoms with Crippen LogP contribution < -0.4 is 10.0 Å². The molecule has 2 N–H and O–H groups in total. The molecule has 3 aromatic rings. The van der Waals surface area contributed by atoms with Gasteiger partial charge in [0.25, 0.3) is 15.9 Å². The summed E-state index contributed by atoms with van der Waals surface area (Å²) < 4.78 is 32.8. The minimum Gasteiger partial charge on any atom is -0.469 e. The second-order valence-corrected chi connectivity index (χ2v) is 8.34. The van der Waals surface area contributed by atoms with Crippen LogP contribution in [0.5, 0.6) is 0 Å². The summed E-state index contributed by atoms with van der Waals surface area (Å²) in [6, 6.07) is 13.9. The molecule has 0 fully saturated rings. The normalized spacial score (nSPS) is 11.2. The van der Waals surface area contributed by atoms with E-state index in [4.69, 9.17) is 27.6 Å². The lowest BCUT2D eigenvalue weighted by atomic mass is 10.2. The van der Waals surface area contributed by atoms with Crippen molar-refractivity contribution in [3.8, 4) is 0 Å². The van der Waals surface area contributed by atoms with Gasteiger partial charge in [0.1, 0.15) is 10.7 Å². The highest BCUT2D eigenvalue weighted by atomic mass is 35.5. The minimum absolute atomic E-state index is 0.0451. The van der Waals surface area contributed by atoms with Crippen molar-refractivity contribution in [2.24, 2.45) is 0 Å². The Kier molecular flexibility index (Phi) is 6.28. The fourth-order valence-corrected chi connectivity index (χ4v) is 4.29. The van der Waals surface area contributed by atoms with E-state index in [0.717, 1.165) is 5.76 Å². The molecule has 0 unspecified atom stereocenters. The Morgan fingerprint density at radius 3 is 2.61 bits per heavy atom. The quantitative estimate of drug-likeness (QED) is 0.573. The first-order chi connectivity index (χ1) is 13.3. The largest absolute Gasteiger partial charge is 0.469 e. The Hall–Kier alpha value is -2.48. The first-order valence-corrected chi connectivity index (χ1v) is 10.5. The maximum atomic E-state index is 12.6. The first kappa shape index (κ1) is 20.3. The predicted molar refractivity (Wildman–Crippen MR) is 108 cm³/mol. The summed E-state index contributed by atoms with van der Waals surface area (Å²) in [5.41, 5.74) is 0.548. The van der Waals surface area contributed by atoms with Crippen LogP contribution in [0.1, 0.15) is 16.1 Å². The van der Waals surface area contributed by atoms with E-state index in [1.165, 1.54) is 30.3 Å². The molecule has 6 nitrogen and oxygen atoms in total. The highest BCUT2D eigenvalue weighted by Crippen LogP contribution is 2.27. The Balaban J connectivity index is 1.70. The van der Waals surface area contributed by atoms with E-state index >= 15 is 0 Å². The summed E-state index contributed by atoms with van der Waals surface area (Å²) >= 11 is 11.8. The van der Waals surface area contributed by atoms with Crippen molar-refractivity contribution in [1.82, 2.24) is 5.32 Å². The summed E-state index contributed by atoms with van der Waals surface area (Å²) in [7, 11) is -3.97. The van der Waals surface area contributed by atoms with Crippen LogP contribution in [-0.2, 0) is 16.4 Å². The highest BCUT2D eigenvalue weighted by molar-refractivity contribution is 7.92. The van der Waals surface area contributed by atoms with Crippen LogP contribution in [0, 0.1) is 0 Å². The van der Waals surface area contributed by atoms with Crippen molar-refractivity contribution in [3.63, 3.8) is 0 Å². The van der Waals surface area contributed by atoms with Gasteiger partial charge in [-0.25, -0.2) is 8.42 Å². The lowest BCUT2D eigenvalue weighted by molar-refractivity contribution is 0.0953. The lowest BCUT2D eigenvalue weighted by Gasteiger charge is -2.11. The number of benzene rings is 2. The van der Waals surface area contributed by atoms with Crippen LogP contribution in [0.2, 0.25) is 10.0 Å².